The van der Waals surface area contributed by atoms with E-state index in [1.54, 1.807) is 18.6 Å². The summed E-state index contributed by atoms with van der Waals surface area (Å²) in [6, 6.07) is 18.4. The quantitative estimate of drug-likeness (QED) is 0.367. The van der Waals surface area contributed by atoms with E-state index in [1.165, 1.54) is 0 Å². The number of aromatic amines is 1. The zero-order chi connectivity index (χ0) is 25.7. The SMILES string of the molecule is Cn1/c(=N/C#N)n(-c2ccc(C(C)(C)C#N)nc2)c2c3cc(-c4ccc5cn[nH]c5c4)ccc3ncc21. The number of fused-ring (bicyclic) bond motifs is 4. The molecule has 4 heterocycles. The van der Waals surface area contributed by atoms with Crippen LogP contribution in [0.2, 0.25) is 0 Å². The average Bonchev–Trinajstić information content (AvgIpc) is 3.51. The highest BCUT2D eigenvalue weighted by Crippen LogP contribution is 2.31. The summed E-state index contributed by atoms with van der Waals surface area (Å²) in [6.45, 7) is 3.66. The molecule has 6 rings (SSSR count). The van der Waals surface area contributed by atoms with Crippen molar-refractivity contribution < 1.29 is 0 Å². The van der Waals surface area contributed by atoms with E-state index in [0.717, 1.165) is 49.7 Å². The lowest BCUT2D eigenvalue weighted by Gasteiger charge is -2.15. The van der Waals surface area contributed by atoms with Gasteiger partial charge in [0.2, 0.25) is 11.8 Å². The van der Waals surface area contributed by atoms with E-state index in [-0.39, 0.29) is 0 Å². The highest BCUT2D eigenvalue weighted by molar-refractivity contribution is 6.04. The number of aryl methyl sites for hydroxylation is 1. The molecule has 178 valence electrons. The van der Waals surface area contributed by atoms with Gasteiger partial charge in [0.05, 0.1) is 63.5 Å². The summed E-state index contributed by atoms with van der Waals surface area (Å²) in [7, 11) is 1.86. The molecule has 0 unspecified atom stereocenters. The van der Waals surface area contributed by atoms with Gasteiger partial charge in [-0.05, 0) is 55.3 Å². The molecule has 9 heteroatoms. The van der Waals surface area contributed by atoms with E-state index in [4.69, 9.17) is 0 Å². The van der Waals surface area contributed by atoms with Crippen LogP contribution in [-0.4, -0.2) is 29.3 Å². The van der Waals surface area contributed by atoms with E-state index in [0.29, 0.717) is 11.3 Å². The monoisotopic (exact) mass is 483 g/mol. The largest absolute Gasteiger partial charge is 0.311 e. The van der Waals surface area contributed by atoms with Crippen molar-refractivity contribution in [3.8, 4) is 29.1 Å². The molecule has 0 spiro atoms. The molecule has 0 saturated heterocycles. The molecule has 1 N–H and O–H groups in total. The van der Waals surface area contributed by atoms with Gasteiger partial charge in [0.1, 0.15) is 0 Å². The third kappa shape index (κ3) is 3.45. The topological polar surface area (TPSA) is 124 Å². The summed E-state index contributed by atoms with van der Waals surface area (Å²) in [5.74, 6) is 0. The van der Waals surface area contributed by atoms with Gasteiger partial charge >= 0.3 is 0 Å². The molecule has 0 aliphatic carbocycles. The Hall–Kier alpha value is -5.28. The van der Waals surface area contributed by atoms with Crippen molar-refractivity contribution in [1.82, 2.24) is 29.3 Å². The van der Waals surface area contributed by atoms with E-state index >= 15 is 0 Å². The van der Waals surface area contributed by atoms with Crippen molar-refractivity contribution in [3.05, 3.63) is 78.4 Å². The average molecular weight is 484 g/mol. The molecule has 6 aromatic rings. The van der Waals surface area contributed by atoms with Crippen LogP contribution in [0.4, 0.5) is 0 Å². The van der Waals surface area contributed by atoms with Gasteiger partial charge < -0.3 is 4.57 Å². The summed E-state index contributed by atoms with van der Waals surface area (Å²) in [5.41, 5.74) is 6.66. The Bertz CT molecular complexity index is 1990. The summed E-state index contributed by atoms with van der Waals surface area (Å²) in [5, 5.41) is 28.1. The second kappa shape index (κ2) is 8.14. The number of hydrogen-bond acceptors (Lipinski definition) is 6. The highest BCUT2D eigenvalue weighted by atomic mass is 15.2. The van der Waals surface area contributed by atoms with Gasteiger partial charge in [-0.15, -0.1) is 4.99 Å². The maximum Gasteiger partial charge on any atom is 0.226 e. The van der Waals surface area contributed by atoms with Crippen molar-refractivity contribution in [1.29, 1.82) is 10.5 Å². The number of hydrogen-bond donors (Lipinski definition) is 1. The van der Waals surface area contributed by atoms with Crippen LogP contribution in [0.3, 0.4) is 0 Å². The van der Waals surface area contributed by atoms with Crippen LogP contribution in [0.1, 0.15) is 19.5 Å². The molecule has 0 radical (unpaired) electrons. The minimum absolute atomic E-state index is 0.449. The second-order valence-corrected chi connectivity index (χ2v) is 9.44. The van der Waals surface area contributed by atoms with Gasteiger partial charge in [0, 0.05) is 17.8 Å². The lowest BCUT2D eigenvalue weighted by Crippen LogP contribution is -2.23. The molecule has 0 atom stereocenters. The number of rotatable bonds is 3. The Morgan fingerprint density at radius 1 is 0.946 bits per heavy atom. The maximum atomic E-state index is 9.52. The molecule has 2 aromatic carbocycles. The standard InChI is InChI=1S/C28H21N9/c1-28(2,15-29)25-9-7-20(13-32-25)37-26-21-10-17(18-4-5-19-12-34-35-23(19)11-18)6-8-22(21)31-14-24(26)36(3)27(37)33-16-30/h4-14H,1-3H3,(H,34,35)/b33-27-. The lowest BCUT2D eigenvalue weighted by atomic mass is 9.91. The van der Waals surface area contributed by atoms with E-state index in [2.05, 4.69) is 49.4 Å². The van der Waals surface area contributed by atoms with Crippen LogP contribution in [-0.2, 0) is 12.5 Å². The maximum absolute atomic E-state index is 9.52. The summed E-state index contributed by atoms with van der Waals surface area (Å²) < 4.78 is 3.77. The van der Waals surface area contributed by atoms with Gasteiger partial charge in [0.15, 0.2) is 0 Å². The molecule has 0 amide bonds. The van der Waals surface area contributed by atoms with Crippen LogP contribution in [0.5, 0.6) is 0 Å². The Labute approximate surface area is 211 Å². The number of imidazole rings is 1. The van der Waals surface area contributed by atoms with Crippen molar-refractivity contribution >= 4 is 32.8 Å². The number of aromatic nitrogens is 6. The fourth-order valence-electron chi connectivity index (χ4n) is 4.66. The zero-order valence-corrected chi connectivity index (χ0v) is 20.4. The van der Waals surface area contributed by atoms with Gasteiger partial charge in [-0.3, -0.25) is 19.6 Å². The third-order valence-corrected chi connectivity index (χ3v) is 6.76. The number of H-pyrrole nitrogens is 1. The fraction of sp³-hybridized carbons (Fsp3) is 0.143. The minimum atomic E-state index is -0.719. The second-order valence-electron chi connectivity index (χ2n) is 9.44. The van der Waals surface area contributed by atoms with Gasteiger partial charge in [-0.1, -0.05) is 18.2 Å². The molecule has 37 heavy (non-hydrogen) atoms. The number of benzene rings is 2. The summed E-state index contributed by atoms with van der Waals surface area (Å²) >= 11 is 0. The Kier molecular flexibility index (Phi) is 4.89. The van der Waals surface area contributed by atoms with Crippen molar-refractivity contribution in [2.45, 2.75) is 19.3 Å². The fourth-order valence-corrected chi connectivity index (χ4v) is 4.66. The van der Waals surface area contributed by atoms with Crippen LogP contribution in [0, 0.1) is 22.8 Å². The van der Waals surface area contributed by atoms with Gasteiger partial charge in [-0.2, -0.15) is 15.6 Å². The summed E-state index contributed by atoms with van der Waals surface area (Å²) in [4.78, 5) is 13.4. The number of nitriles is 2. The molecule has 0 fully saturated rings. The lowest BCUT2D eigenvalue weighted by molar-refractivity contribution is 0.658. The zero-order valence-electron chi connectivity index (χ0n) is 20.4. The Balaban J connectivity index is 1.65. The first kappa shape index (κ1) is 22.2. The van der Waals surface area contributed by atoms with Crippen LogP contribution in [0.25, 0.3) is 49.7 Å². The first-order valence-electron chi connectivity index (χ1n) is 11.7. The molecule has 9 nitrogen and oxygen atoms in total. The Morgan fingerprint density at radius 3 is 2.51 bits per heavy atom. The van der Waals surface area contributed by atoms with E-state index in [9.17, 15) is 10.5 Å². The van der Waals surface area contributed by atoms with Gasteiger partial charge in [-0.25, -0.2) is 0 Å². The minimum Gasteiger partial charge on any atom is -0.311 e. The van der Waals surface area contributed by atoms with Crippen LogP contribution < -0.4 is 5.62 Å². The predicted octanol–water partition coefficient (Wildman–Crippen LogP) is 4.64. The van der Waals surface area contributed by atoms with E-state index in [1.807, 2.05) is 66.6 Å². The molecule has 0 aliphatic rings. The van der Waals surface area contributed by atoms with Crippen molar-refractivity contribution in [3.63, 3.8) is 0 Å². The molecule has 0 saturated carbocycles. The Morgan fingerprint density at radius 2 is 1.76 bits per heavy atom. The van der Waals surface area contributed by atoms with Crippen LogP contribution >= 0.6 is 0 Å². The first-order chi connectivity index (χ1) is 17.9. The number of pyridine rings is 2. The molecule has 0 bridgehead atoms. The molecular weight excluding hydrogens is 462 g/mol. The molecular formula is C28H21N9. The molecule has 0 aliphatic heterocycles. The molecule has 4 aromatic heterocycles. The van der Waals surface area contributed by atoms with Crippen molar-refractivity contribution in [2.24, 2.45) is 12.0 Å². The van der Waals surface area contributed by atoms with Gasteiger partial charge in [0.25, 0.3) is 0 Å². The van der Waals surface area contributed by atoms with Crippen molar-refractivity contribution in [2.75, 3.05) is 0 Å². The predicted molar refractivity (Wildman–Crippen MR) is 140 cm³/mol. The number of nitrogens with one attached hydrogen (secondary N) is 1. The normalized spacial score (nSPS) is 12.3. The number of nitrogens with zero attached hydrogens (tertiary/aromatic N) is 8. The van der Waals surface area contributed by atoms with Crippen LogP contribution in [0.15, 0.2) is 72.1 Å². The summed E-state index contributed by atoms with van der Waals surface area (Å²) in [6.07, 6.45) is 7.24. The first-order valence-corrected chi connectivity index (χ1v) is 11.7. The third-order valence-electron chi connectivity index (χ3n) is 6.76. The highest BCUT2D eigenvalue weighted by Gasteiger charge is 2.22. The van der Waals surface area contributed by atoms with E-state index < -0.39 is 5.41 Å². The smallest absolute Gasteiger partial charge is 0.226 e.